The van der Waals surface area contributed by atoms with Crippen LogP contribution in [0.4, 0.5) is 5.82 Å². The molecule has 128 valence electrons. The van der Waals surface area contributed by atoms with Gasteiger partial charge in [-0.1, -0.05) is 0 Å². The number of furan rings is 1. The fraction of sp³-hybridized carbons (Fsp3) is 0.444. The van der Waals surface area contributed by atoms with E-state index in [0.29, 0.717) is 19.0 Å². The number of aryl methyl sites for hydroxylation is 1. The molecular formula is C18H24N4O2. The number of rotatable bonds is 7. The van der Waals surface area contributed by atoms with Crippen LogP contribution in [-0.4, -0.2) is 42.0 Å². The van der Waals surface area contributed by atoms with E-state index in [1.165, 1.54) is 5.56 Å². The van der Waals surface area contributed by atoms with Gasteiger partial charge in [-0.25, -0.2) is 4.98 Å². The Bertz CT molecular complexity index is 657. The number of nitrogens with one attached hydrogen (secondary N) is 2. The molecule has 0 saturated carbocycles. The van der Waals surface area contributed by atoms with Crippen LogP contribution in [0.25, 0.3) is 0 Å². The summed E-state index contributed by atoms with van der Waals surface area (Å²) < 4.78 is 5.21. The highest BCUT2D eigenvalue weighted by atomic mass is 16.3. The Hall–Kier alpha value is -2.34. The molecule has 0 radical (unpaired) electrons. The number of likely N-dealkylation sites (tertiary alicyclic amines) is 1. The van der Waals surface area contributed by atoms with Gasteiger partial charge >= 0.3 is 0 Å². The van der Waals surface area contributed by atoms with E-state index in [-0.39, 0.29) is 5.91 Å². The fourth-order valence-corrected chi connectivity index (χ4v) is 2.96. The molecule has 6 heteroatoms. The van der Waals surface area contributed by atoms with Crippen LogP contribution in [0.5, 0.6) is 0 Å². The SMILES string of the molecule is Cc1ccnc(NCC2CCN(CC(=O)NCc3ccco3)C2)c1. The van der Waals surface area contributed by atoms with E-state index in [0.717, 1.165) is 37.6 Å². The maximum Gasteiger partial charge on any atom is 0.234 e. The highest BCUT2D eigenvalue weighted by molar-refractivity contribution is 5.77. The van der Waals surface area contributed by atoms with E-state index < -0.39 is 0 Å². The molecule has 6 nitrogen and oxygen atoms in total. The van der Waals surface area contributed by atoms with Crippen molar-refractivity contribution in [3.63, 3.8) is 0 Å². The van der Waals surface area contributed by atoms with Gasteiger partial charge in [0.2, 0.25) is 5.91 Å². The first-order valence-electron chi connectivity index (χ1n) is 8.37. The number of pyridine rings is 1. The Morgan fingerprint density at radius 1 is 1.46 bits per heavy atom. The summed E-state index contributed by atoms with van der Waals surface area (Å²) in [4.78, 5) is 18.5. The topological polar surface area (TPSA) is 70.4 Å². The van der Waals surface area contributed by atoms with Crippen molar-refractivity contribution >= 4 is 11.7 Å². The van der Waals surface area contributed by atoms with E-state index in [1.54, 1.807) is 6.26 Å². The van der Waals surface area contributed by atoms with Crippen LogP contribution in [0.15, 0.2) is 41.1 Å². The number of amides is 1. The van der Waals surface area contributed by atoms with Crippen molar-refractivity contribution in [2.75, 3.05) is 31.5 Å². The number of aromatic nitrogens is 1. The average Bonchev–Trinajstić information content (AvgIpc) is 3.23. The summed E-state index contributed by atoms with van der Waals surface area (Å²) >= 11 is 0. The van der Waals surface area contributed by atoms with Gasteiger partial charge < -0.3 is 15.1 Å². The second kappa shape index (κ2) is 7.97. The number of carbonyl (C=O) groups excluding carboxylic acids is 1. The first-order valence-corrected chi connectivity index (χ1v) is 8.37. The molecule has 3 heterocycles. The molecule has 0 spiro atoms. The summed E-state index contributed by atoms with van der Waals surface area (Å²) in [5.74, 6) is 2.28. The number of nitrogens with zero attached hydrogens (tertiary/aromatic N) is 2. The second-order valence-electron chi connectivity index (χ2n) is 6.35. The van der Waals surface area contributed by atoms with Gasteiger partial charge in [0.15, 0.2) is 0 Å². The predicted octanol–water partition coefficient (Wildman–Crippen LogP) is 2.03. The highest BCUT2D eigenvalue weighted by Crippen LogP contribution is 2.16. The lowest BCUT2D eigenvalue weighted by molar-refractivity contribution is -0.122. The van der Waals surface area contributed by atoms with Crippen LogP contribution in [0, 0.1) is 12.8 Å². The van der Waals surface area contributed by atoms with Gasteiger partial charge in [-0.05, 0) is 55.6 Å². The van der Waals surface area contributed by atoms with Gasteiger partial charge in [0, 0.05) is 19.3 Å². The highest BCUT2D eigenvalue weighted by Gasteiger charge is 2.23. The second-order valence-corrected chi connectivity index (χ2v) is 6.35. The molecular weight excluding hydrogens is 304 g/mol. The summed E-state index contributed by atoms with van der Waals surface area (Å²) in [5, 5.41) is 6.29. The smallest absolute Gasteiger partial charge is 0.234 e. The molecule has 1 amide bonds. The molecule has 1 atom stereocenters. The Morgan fingerprint density at radius 2 is 2.38 bits per heavy atom. The molecule has 1 fully saturated rings. The number of carbonyl (C=O) groups is 1. The molecule has 24 heavy (non-hydrogen) atoms. The first-order chi connectivity index (χ1) is 11.7. The zero-order chi connectivity index (χ0) is 16.8. The molecule has 2 N–H and O–H groups in total. The third kappa shape index (κ3) is 4.83. The van der Waals surface area contributed by atoms with Crippen molar-refractivity contribution < 1.29 is 9.21 Å². The lowest BCUT2D eigenvalue weighted by Gasteiger charge is -2.16. The van der Waals surface area contributed by atoms with E-state index in [9.17, 15) is 4.79 Å². The van der Waals surface area contributed by atoms with Crippen LogP contribution < -0.4 is 10.6 Å². The van der Waals surface area contributed by atoms with E-state index in [2.05, 4.69) is 33.5 Å². The third-order valence-electron chi connectivity index (χ3n) is 4.26. The van der Waals surface area contributed by atoms with E-state index in [4.69, 9.17) is 4.42 Å². The van der Waals surface area contributed by atoms with Crippen molar-refractivity contribution in [3.8, 4) is 0 Å². The summed E-state index contributed by atoms with van der Waals surface area (Å²) in [6, 6.07) is 7.72. The van der Waals surface area contributed by atoms with Gasteiger partial charge in [-0.15, -0.1) is 0 Å². The number of anilines is 1. The molecule has 1 unspecified atom stereocenters. The average molecular weight is 328 g/mol. The third-order valence-corrected chi connectivity index (χ3v) is 4.26. The fourth-order valence-electron chi connectivity index (χ4n) is 2.96. The van der Waals surface area contributed by atoms with Gasteiger partial charge in [0.05, 0.1) is 19.4 Å². The maximum absolute atomic E-state index is 12.0. The Kier molecular flexibility index (Phi) is 5.48. The molecule has 0 aromatic carbocycles. The maximum atomic E-state index is 12.0. The minimum absolute atomic E-state index is 0.0420. The minimum Gasteiger partial charge on any atom is -0.467 e. The summed E-state index contributed by atoms with van der Waals surface area (Å²) in [6.07, 6.45) is 4.54. The zero-order valence-corrected chi connectivity index (χ0v) is 14.0. The van der Waals surface area contributed by atoms with E-state index in [1.807, 2.05) is 24.4 Å². The number of hydrogen-bond donors (Lipinski definition) is 2. The molecule has 2 aromatic rings. The Balaban J connectivity index is 1.36. The monoisotopic (exact) mass is 328 g/mol. The number of hydrogen-bond acceptors (Lipinski definition) is 5. The van der Waals surface area contributed by atoms with Crippen molar-refractivity contribution in [3.05, 3.63) is 48.0 Å². The van der Waals surface area contributed by atoms with Crippen LogP contribution in [0.3, 0.4) is 0 Å². The van der Waals surface area contributed by atoms with Crippen LogP contribution in [-0.2, 0) is 11.3 Å². The lowest BCUT2D eigenvalue weighted by Crippen LogP contribution is -2.36. The summed E-state index contributed by atoms with van der Waals surface area (Å²) in [7, 11) is 0. The standard InChI is InChI=1S/C18H24N4O2/c1-14-4-6-19-17(9-14)20-10-15-5-7-22(12-15)13-18(23)21-11-16-3-2-8-24-16/h2-4,6,8-9,15H,5,7,10-13H2,1H3,(H,19,20)(H,21,23). The van der Waals surface area contributed by atoms with E-state index >= 15 is 0 Å². The Morgan fingerprint density at radius 3 is 3.17 bits per heavy atom. The molecule has 1 aliphatic rings. The van der Waals surface area contributed by atoms with Gasteiger partial charge in [0.1, 0.15) is 11.6 Å². The van der Waals surface area contributed by atoms with Crippen molar-refractivity contribution in [1.82, 2.24) is 15.2 Å². The zero-order valence-electron chi connectivity index (χ0n) is 14.0. The molecule has 0 bridgehead atoms. The quantitative estimate of drug-likeness (QED) is 0.814. The van der Waals surface area contributed by atoms with Crippen molar-refractivity contribution in [1.29, 1.82) is 0 Å². The summed E-state index contributed by atoms with van der Waals surface area (Å²) in [5.41, 5.74) is 1.20. The molecule has 0 aliphatic carbocycles. The van der Waals surface area contributed by atoms with Crippen LogP contribution in [0.2, 0.25) is 0 Å². The predicted molar refractivity (Wildman–Crippen MR) is 92.6 cm³/mol. The Labute approximate surface area is 142 Å². The van der Waals surface area contributed by atoms with Gasteiger partial charge in [0.25, 0.3) is 0 Å². The molecule has 2 aromatic heterocycles. The first kappa shape index (κ1) is 16.5. The largest absolute Gasteiger partial charge is 0.467 e. The van der Waals surface area contributed by atoms with Crippen LogP contribution >= 0.6 is 0 Å². The van der Waals surface area contributed by atoms with Crippen molar-refractivity contribution in [2.24, 2.45) is 5.92 Å². The normalized spacial score (nSPS) is 17.8. The minimum atomic E-state index is 0.0420. The molecule has 1 aliphatic heterocycles. The van der Waals surface area contributed by atoms with Gasteiger partial charge in [-0.2, -0.15) is 0 Å². The summed E-state index contributed by atoms with van der Waals surface area (Å²) in [6.45, 7) is 5.74. The van der Waals surface area contributed by atoms with Crippen LogP contribution in [0.1, 0.15) is 17.7 Å². The lowest BCUT2D eigenvalue weighted by atomic mass is 10.1. The molecule has 1 saturated heterocycles. The molecule has 3 rings (SSSR count). The van der Waals surface area contributed by atoms with Gasteiger partial charge in [-0.3, -0.25) is 9.69 Å². The van der Waals surface area contributed by atoms with Crippen molar-refractivity contribution in [2.45, 2.75) is 19.9 Å².